The van der Waals surface area contributed by atoms with Gasteiger partial charge in [0.25, 0.3) is 15.9 Å². The minimum absolute atomic E-state index is 0.0735. The number of nitrogens with one attached hydrogen (secondary N) is 1. The lowest BCUT2D eigenvalue weighted by atomic mass is 9.99. The fourth-order valence-electron chi connectivity index (χ4n) is 5.45. The summed E-state index contributed by atoms with van der Waals surface area (Å²) in [6.45, 7) is 5.16. The molecule has 0 aliphatic carbocycles. The maximum absolute atomic E-state index is 13.8. The molecule has 5 rings (SSSR count). The van der Waals surface area contributed by atoms with E-state index in [4.69, 9.17) is 4.74 Å². The quantitative estimate of drug-likeness (QED) is 0.235. The highest BCUT2D eigenvalue weighted by Crippen LogP contribution is 2.32. The lowest BCUT2D eigenvalue weighted by Crippen LogP contribution is -2.49. The molecule has 45 heavy (non-hydrogen) atoms. The van der Waals surface area contributed by atoms with E-state index in [1.807, 2.05) is 32.2 Å². The average Bonchev–Trinajstić information content (AvgIpc) is 3.03. The second kappa shape index (κ2) is 13.8. The third-order valence-electron chi connectivity index (χ3n) is 8.05. The molecule has 3 atom stereocenters. The maximum atomic E-state index is 13.8. The van der Waals surface area contributed by atoms with Crippen molar-refractivity contribution in [3.8, 4) is 16.9 Å². The van der Waals surface area contributed by atoms with Gasteiger partial charge in [0.1, 0.15) is 17.7 Å². The van der Waals surface area contributed by atoms with Crippen LogP contribution in [-0.4, -0.2) is 68.1 Å². The fourth-order valence-corrected chi connectivity index (χ4v) is 6.50. The van der Waals surface area contributed by atoms with E-state index in [9.17, 15) is 22.7 Å². The number of aliphatic hydroxyl groups excluding tert-OH is 1. The number of benzene rings is 4. The van der Waals surface area contributed by atoms with Crippen LogP contribution < -0.4 is 9.46 Å². The zero-order valence-corrected chi connectivity index (χ0v) is 26.4. The molecule has 1 amide bonds. The van der Waals surface area contributed by atoms with Gasteiger partial charge in [0.15, 0.2) is 0 Å². The molecule has 0 radical (unpaired) electrons. The smallest absolute Gasteiger partial charge is 0.261 e. The molecule has 4 aromatic rings. The summed E-state index contributed by atoms with van der Waals surface area (Å²) in [7, 11) is -2.02. The summed E-state index contributed by atoms with van der Waals surface area (Å²) in [5, 5.41) is 9.97. The van der Waals surface area contributed by atoms with Crippen LogP contribution in [0.2, 0.25) is 0 Å². The number of rotatable bonds is 10. The number of carbonyl (C=O) groups excluding carboxylic acids is 1. The summed E-state index contributed by atoms with van der Waals surface area (Å²) in [6.07, 6.45) is -0.305. The predicted molar refractivity (Wildman–Crippen MR) is 173 cm³/mol. The van der Waals surface area contributed by atoms with Gasteiger partial charge in [-0.3, -0.25) is 14.4 Å². The number of hydrogen-bond acceptors (Lipinski definition) is 6. The summed E-state index contributed by atoms with van der Waals surface area (Å²) in [4.78, 5) is 17.4. The maximum Gasteiger partial charge on any atom is 0.261 e. The monoisotopic (exact) mass is 631 g/mol. The number of anilines is 1. The molecule has 10 heteroatoms. The van der Waals surface area contributed by atoms with Crippen molar-refractivity contribution < 1.29 is 27.4 Å². The van der Waals surface area contributed by atoms with Gasteiger partial charge in [-0.1, -0.05) is 61.5 Å². The SMILES string of the molecule is C[C@H]1CN([C@@H](C)CO)C(=O)c2cc(NS(=O)(=O)c3ccc(F)cc3)ccc2O[C@H]1CN(C)Cc1ccc(-c2ccccc2)cc1. The first-order chi connectivity index (χ1) is 21.5. The Morgan fingerprint density at radius 1 is 1.00 bits per heavy atom. The molecule has 4 aromatic carbocycles. The van der Waals surface area contributed by atoms with Crippen LogP contribution >= 0.6 is 0 Å². The third-order valence-corrected chi connectivity index (χ3v) is 9.44. The van der Waals surface area contributed by atoms with Crippen LogP contribution in [0.1, 0.15) is 29.8 Å². The van der Waals surface area contributed by atoms with E-state index in [1.54, 1.807) is 17.9 Å². The lowest BCUT2D eigenvalue weighted by Gasteiger charge is -2.38. The van der Waals surface area contributed by atoms with Gasteiger partial charge in [0, 0.05) is 31.2 Å². The molecule has 0 aromatic heterocycles. The molecule has 0 bridgehead atoms. The highest BCUT2D eigenvalue weighted by atomic mass is 32.2. The van der Waals surface area contributed by atoms with E-state index in [0.717, 1.165) is 28.8 Å². The molecular formula is C35H38FN3O5S. The van der Waals surface area contributed by atoms with E-state index < -0.39 is 21.9 Å². The van der Waals surface area contributed by atoms with Crippen molar-refractivity contribution >= 4 is 21.6 Å². The fraction of sp³-hybridized carbons (Fsp3) is 0.286. The number of sulfonamides is 1. The molecule has 1 aliphatic rings. The van der Waals surface area contributed by atoms with Gasteiger partial charge < -0.3 is 14.7 Å². The van der Waals surface area contributed by atoms with Crippen LogP contribution in [0.25, 0.3) is 11.1 Å². The Hall–Kier alpha value is -4.25. The van der Waals surface area contributed by atoms with Crippen molar-refractivity contribution in [3.63, 3.8) is 0 Å². The van der Waals surface area contributed by atoms with Crippen LogP contribution in [0.4, 0.5) is 10.1 Å². The number of likely N-dealkylation sites (N-methyl/N-ethyl adjacent to an activating group) is 1. The minimum Gasteiger partial charge on any atom is -0.488 e. The lowest BCUT2D eigenvalue weighted by molar-refractivity contribution is 0.0341. The van der Waals surface area contributed by atoms with Gasteiger partial charge in [-0.05, 0) is 73.1 Å². The first-order valence-corrected chi connectivity index (χ1v) is 16.4. The Morgan fingerprint density at radius 3 is 2.33 bits per heavy atom. The van der Waals surface area contributed by atoms with Gasteiger partial charge in [-0.2, -0.15) is 0 Å². The number of nitrogens with zero attached hydrogens (tertiary/aromatic N) is 2. The van der Waals surface area contributed by atoms with Crippen molar-refractivity contribution in [2.45, 2.75) is 37.4 Å². The number of ether oxygens (including phenoxy) is 1. The Balaban J connectivity index is 1.36. The Bertz CT molecular complexity index is 1720. The number of amides is 1. The van der Waals surface area contributed by atoms with Gasteiger partial charge in [0.2, 0.25) is 0 Å². The molecule has 0 saturated carbocycles. The molecule has 1 heterocycles. The molecule has 0 fully saturated rings. The zero-order valence-electron chi connectivity index (χ0n) is 25.6. The average molecular weight is 632 g/mol. The van der Waals surface area contributed by atoms with Gasteiger partial charge >= 0.3 is 0 Å². The van der Waals surface area contributed by atoms with Crippen LogP contribution in [-0.2, 0) is 16.6 Å². The standard InChI is InChI=1S/C35H38FN3O5S/c1-24-20-39(25(2)23-40)35(41)32-19-30(37-45(42,43)31-16-13-29(36)14-17-31)15-18-33(32)44-34(24)22-38(3)21-26-9-11-28(12-10-26)27-7-5-4-6-8-27/h4-19,24-25,34,37,40H,20-23H2,1-3H3/t24-,25-,34-/m0/s1. The van der Waals surface area contributed by atoms with Crippen molar-refractivity contribution in [1.82, 2.24) is 9.80 Å². The van der Waals surface area contributed by atoms with Crippen LogP contribution in [0, 0.1) is 11.7 Å². The van der Waals surface area contributed by atoms with E-state index in [1.165, 1.54) is 24.3 Å². The Morgan fingerprint density at radius 2 is 1.67 bits per heavy atom. The van der Waals surface area contributed by atoms with Crippen LogP contribution in [0.5, 0.6) is 5.75 Å². The van der Waals surface area contributed by atoms with Crippen molar-refractivity contribution in [3.05, 3.63) is 114 Å². The number of fused-ring (bicyclic) bond motifs is 1. The van der Waals surface area contributed by atoms with E-state index in [0.29, 0.717) is 25.4 Å². The molecule has 1 aliphatic heterocycles. The highest BCUT2D eigenvalue weighted by molar-refractivity contribution is 7.92. The molecule has 0 spiro atoms. The second-order valence-electron chi connectivity index (χ2n) is 11.7. The number of halogens is 1. The van der Waals surface area contributed by atoms with E-state index >= 15 is 0 Å². The first kappa shape index (κ1) is 32.2. The highest BCUT2D eigenvalue weighted by Gasteiger charge is 2.33. The normalized spacial score (nSPS) is 17.6. The summed E-state index contributed by atoms with van der Waals surface area (Å²) >= 11 is 0. The molecular weight excluding hydrogens is 593 g/mol. The largest absolute Gasteiger partial charge is 0.488 e. The topological polar surface area (TPSA) is 99.2 Å². The van der Waals surface area contributed by atoms with Gasteiger partial charge in [-0.15, -0.1) is 0 Å². The van der Waals surface area contributed by atoms with Gasteiger partial charge in [-0.25, -0.2) is 12.8 Å². The number of hydrogen-bond donors (Lipinski definition) is 2. The summed E-state index contributed by atoms with van der Waals surface area (Å²) in [5.41, 5.74) is 3.81. The first-order valence-electron chi connectivity index (χ1n) is 14.9. The Labute approximate surface area is 264 Å². The number of aliphatic hydroxyl groups is 1. The van der Waals surface area contributed by atoms with E-state index in [2.05, 4.69) is 46.0 Å². The molecule has 236 valence electrons. The third kappa shape index (κ3) is 7.70. The zero-order chi connectivity index (χ0) is 32.1. The van der Waals surface area contributed by atoms with Crippen molar-refractivity contribution in [1.29, 1.82) is 0 Å². The summed E-state index contributed by atoms with van der Waals surface area (Å²) in [5.74, 6) is -0.662. The van der Waals surface area contributed by atoms with Crippen molar-refractivity contribution in [2.75, 3.05) is 31.5 Å². The number of carbonyl (C=O) groups is 1. The van der Waals surface area contributed by atoms with Crippen LogP contribution in [0.15, 0.2) is 102 Å². The molecule has 8 nitrogen and oxygen atoms in total. The van der Waals surface area contributed by atoms with Crippen LogP contribution in [0.3, 0.4) is 0 Å². The molecule has 2 N–H and O–H groups in total. The second-order valence-corrected chi connectivity index (χ2v) is 13.3. The predicted octanol–water partition coefficient (Wildman–Crippen LogP) is 5.65. The summed E-state index contributed by atoms with van der Waals surface area (Å²) < 4.78 is 48.2. The molecule has 0 saturated heterocycles. The Kier molecular flexibility index (Phi) is 9.86. The van der Waals surface area contributed by atoms with E-state index in [-0.39, 0.29) is 40.7 Å². The molecule has 0 unspecified atom stereocenters. The van der Waals surface area contributed by atoms with Crippen molar-refractivity contribution in [2.24, 2.45) is 5.92 Å². The minimum atomic E-state index is -4.04. The van der Waals surface area contributed by atoms with Gasteiger partial charge in [0.05, 0.1) is 23.1 Å². The summed E-state index contributed by atoms with van der Waals surface area (Å²) in [6, 6.07) is 27.3.